The van der Waals surface area contributed by atoms with Crippen LogP contribution in [0.15, 0.2) is 82.4 Å². The maximum Gasteiger partial charge on any atom is 0.283 e. The summed E-state index contributed by atoms with van der Waals surface area (Å²) < 4.78 is 17.1. The molecule has 5 rings (SSSR count). The summed E-state index contributed by atoms with van der Waals surface area (Å²) in [6, 6.07) is 21.0. The highest BCUT2D eigenvalue weighted by Gasteiger charge is 2.36. The molecule has 3 aromatic rings. The molecule has 0 radical (unpaired) electrons. The van der Waals surface area contributed by atoms with Crippen molar-refractivity contribution in [3.8, 4) is 17.2 Å². The Bertz CT molecular complexity index is 1490. The number of amides is 1. The molecule has 0 saturated carbocycles. The van der Waals surface area contributed by atoms with Gasteiger partial charge in [0.05, 0.1) is 12.7 Å². The lowest BCUT2D eigenvalue weighted by Crippen LogP contribution is -2.35. The molecule has 3 aromatic carbocycles. The summed E-state index contributed by atoms with van der Waals surface area (Å²) >= 11 is 1.28. The Labute approximate surface area is 225 Å². The number of carbonyl (C=O) groups is 1. The highest BCUT2D eigenvalue weighted by Crippen LogP contribution is 2.33. The average Bonchev–Trinajstić information content (AvgIpc) is 3.34. The van der Waals surface area contributed by atoms with Crippen molar-refractivity contribution in [2.75, 3.05) is 20.3 Å². The molecule has 38 heavy (non-hydrogen) atoms. The van der Waals surface area contributed by atoms with Crippen LogP contribution in [0.4, 0.5) is 0 Å². The van der Waals surface area contributed by atoms with Crippen molar-refractivity contribution in [3.63, 3.8) is 0 Å². The van der Waals surface area contributed by atoms with Gasteiger partial charge in [0.1, 0.15) is 24.0 Å². The molecule has 2 heterocycles. The Hall–Kier alpha value is -4.37. The molecule has 0 aliphatic carbocycles. The summed E-state index contributed by atoms with van der Waals surface area (Å²) in [5.41, 5.74) is 4.00. The zero-order valence-electron chi connectivity index (χ0n) is 21.2. The predicted molar refractivity (Wildman–Crippen MR) is 150 cm³/mol. The van der Waals surface area contributed by atoms with Crippen LogP contribution in [0.25, 0.3) is 6.08 Å². The molecule has 0 unspecified atom stereocenters. The monoisotopic (exact) mass is 526 g/mol. The number of fused-ring (bicyclic) bond motifs is 1. The van der Waals surface area contributed by atoms with E-state index in [0.717, 1.165) is 16.9 Å². The van der Waals surface area contributed by atoms with Crippen LogP contribution in [0.2, 0.25) is 0 Å². The van der Waals surface area contributed by atoms with E-state index in [1.165, 1.54) is 22.3 Å². The number of hydrogen-bond acceptors (Lipinski definition) is 7. The van der Waals surface area contributed by atoms with Crippen LogP contribution in [0.3, 0.4) is 0 Å². The lowest BCUT2D eigenvalue weighted by Gasteiger charge is -2.20. The zero-order chi connectivity index (χ0) is 26.6. The van der Waals surface area contributed by atoms with E-state index in [9.17, 15) is 4.79 Å². The number of thioether (sulfide) groups is 1. The lowest BCUT2D eigenvalue weighted by atomic mass is 10.1. The van der Waals surface area contributed by atoms with E-state index in [-0.39, 0.29) is 11.4 Å². The van der Waals surface area contributed by atoms with Crippen LogP contribution in [-0.4, -0.2) is 47.3 Å². The minimum absolute atomic E-state index is 0.0244. The molecule has 0 aromatic heterocycles. The number of benzene rings is 3. The molecule has 0 saturated heterocycles. The number of carbonyl (C=O) groups excluding carboxylic acids is 1. The Morgan fingerprint density at radius 2 is 1.74 bits per heavy atom. The molecule has 0 atom stereocenters. The fraction of sp³-hybridized carbons (Fsp3) is 0.172. The predicted octanol–water partition coefficient (Wildman–Crippen LogP) is 5.44. The van der Waals surface area contributed by atoms with E-state index in [1.54, 1.807) is 31.4 Å². The largest absolute Gasteiger partial charge is 0.493 e. The maximum absolute atomic E-state index is 12.8. The van der Waals surface area contributed by atoms with E-state index < -0.39 is 5.91 Å². The Morgan fingerprint density at radius 3 is 2.50 bits per heavy atom. The van der Waals surface area contributed by atoms with Gasteiger partial charge in [-0.3, -0.25) is 10.2 Å². The first-order chi connectivity index (χ1) is 18.4. The Morgan fingerprint density at radius 1 is 0.974 bits per heavy atom. The van der Waals surface area contributed by atoms with Crippen molar-refractivity contribution in [2.24, 2.45) is 10.1 Å². The second-order valence-corrected chi connectivity index (χ2v) is 9.62. The Kier molecular flexibility index (Phi) is 7.28. The third kappa shape index (κ3) is 5.33. The first-order valence-corrected chi connectivity index (χ1v) is 12.8. The molecular formula is C29H26N4O4S. The molecule has 2 aliphatic heterocycles. The van der Waals surface area contributed by atoms with Crippen molar-refractivity contribution in [3.05, 3.63) is 94.6 Å². The summed E-state index contributed by atoms with van der Waals surface area (Å²) in [5, 5.41) is 15.7. The smallest absolute Gasteiger partial charge is 0.283 e. The number of hydrazone groups is 1. The molecule has 192 valence electrons. The quantitative estimate of drug-likeness (QED) is 0.310. The lowest BCUT2D eigenvalue weighted by molar-refractivity contribution is -0.114. The third-order valence-electron chi connectivity index (χ3n) is 5.96. The summed E-state index contributed by atoms with van der Waals surface area (Å²) in [7, 11) is 1.55. The second kappa shape index (κ2) is 10.9. The first kappa shape index (κ1) is 25.3. The van der Waals surface area contributed by atoms with Crippen molar-refractivity contribution in [1.29, 1.82) is 5.41 Å². The van der Waals surface area contributed by atoms with Crippen LogP contribution < -0.4 is 14.2 Å². The minimum Gasteiger partial charge on any atom is -0.493 e. The van der Waals surface area contributed by atoms with Gasteiger partial charge in [0, 0.05) is 5.56 Å². The number of methoxy groups -OCH3 is 1. The van der Waals surface area contributed by atoms with Gasteiger partial charge in [-0.2, -0.15) is 15.1 Å². The standard InChI is InChI=1S/C29H26N4O4S/c1-18-8-11-21(12-9-18)36-14-15-37-24-13-10-20(17-25(24)35-3)16-23-26(30)33-29(31-27(23)34)38-28(32-33)22-7-5-4-6-19(22)2/h4-13,16-17,30H,14-15H2,1-3H3. The topological polar surface area (TPSA) is 96.6 Å². The van der Waals surface area contributed by atoms with E-state index >= 15 is 0 Å². The first-order valence-electron chi connectivity index (χ1n) is 12.0. The van der Waals surface area contributed by atoms with Crippen LogP contribution in [0, 0.1) is 19.3 Å². The van der Waals surface area contributed by atoms with Gasteiger partial charge in [0.2, 0.25) is 5.17 Å². The number of rotatable bonds is 8. The van der Waals surface area contributed by atoms with Gasteiger partial charge in [0.15, 0.2) is 17.3 Å². The van der Waals surface area contributed by atoms with E-state index in [1.807, 2.05) is 62.4 Å². The van der Waals surface area contributed by atoms with E-state index in [0.29, 0.717) is 40.5 Å². The molecule has 1 N–H and O–H groups in total. The van der Waals surface area contributed by atoms with Crippen molar-refractivity contribution in [2.45, 2.75) is 13.8 Å². The fourth-order valence-corrected chi connectivity index (χ4v) is 4.90. The zero-order valence-corrected chi connectivity index (χ0v) is 22.0. The van der Waals surface area contributed by atoms with E-state index in [2.05, 4.69) is 10.1 Å². The number of ether oxygens (including phenoxy) is 3. The summed E-state index contributed by atoms with van der Waals surface area (Å²) in [6.45, 7) is 4.73. The molecule has 2 aliphatic rings. The van der Waals surface area contributed by atoms with Crippen molar-refractivity contribution in [1.82, 2.24) is 5.01 Å². The van der Waals surface area contributed by atoms with Crippen molar-refractivity contribution >= 4 is 39.8 Å². The van der Waals surface area contributed by atoms with Gasteiger partial charge < -0.3 is 14.2 Å². The third-order valence-corrected chi connectivity index (χ3v) is 6.90. The molecule has 9 heteroatoms. The molecule has 0 bridgehead atoms. The van der Waals surface area contributed by atoms with Crippen LogP contribution in [0.1, 0.15) is 22.3 Å². The summed E-state index contributed by atoms with van der Waals surface area (Å²) in [5.74, 6) is 1.33. The maximum atomic E-state index is 12.8. The number of nitrogens with one attached hydrogen (secondary N) is 1. The SMILES string of the molecule is COc1cc(C=C2C(=N)N3N=C(c4ccccc4C)SC3=NC2=O)ccc1OCCOc1ccc(C)cc1. The molecule has 0 fully saturated rings. The minimum atomic E-state index is -0.484. The van der Waals surface area contributed by atoms with Gasteiger partial charge in [0.25, 0.3) is 5.91 Å². The van der Waals surface area contributed by atoms with E-state index in [4.69, 9.17) is 19.6 Å². The van der Waals surface area contributed by atoms with Gasteiger partial charge in [-0.05, 0) is 67.1 Å². The molecular weight excluding hydrogens is 500 g/mol. The van der Waals surface area contributed by atoms with Crippen LogP contribution in [-0.2, 0) is 4.79 Å². The number of hydrogen-bond donors (Lipinski definition) is 1. The van der Waals surface area contributed by atoms with Crippen LogP contribution >= 0.6 is 11.8 Å². The van der Waals surface area contributed by atoms with Gasteiger partial charge >= 0.3 is 0 Å². The number of amidine groups is 2. The summed E-state index contributed by atoms with van der Waals surface area (Å²) in [4.78, 5) is 17.0. The molecule has 0 spiro atoms. The van der Waals surface area contributed by atoms with Gasteiger partial charge in [-0.1, -0.05) is 48.0 Å². The highest BCUT2D eigenvalue weighted by atomic mass is 32.2. The van der Waals surface area contributed by atoms with Crippen molar-refractivity contribution < 1.29 is 19.0 Å². The normalized spacial score (nSPS) is 15.8. The summed E-state index contributed by atoms with van der Waals surface area (Å²) in [6.07, 6.45) is 1.61. The highest BCUT2D eigenvalue weighted by molar-refractivity contribution is 8.27. The fourth-order valence-electron chi connectivity index (χ4n) is 3.92. The molecule has 8 nitrogen and oxygen atoms in total. The molecule has 1 amide bonds. The van der Waals surface area contributed by atoms with Crippen LogP contribution in [0.5, 0.6) is 17.2 Å². The second-order valence-electron chi connectivity index (χ2n) is 8.66. The number of aryl methyl sites for hydroxylation is 2. The average molecular weight is 527 g/mol. The Balaban J connectivity index is 1.29. The van der Waals surface area contributed by atoms with Gasteiger partial charge in [-0.15, -0.1) is 0 Å². The number of nitrogens with zero attached hydrogens (tertiary/aromatic N) is 3. The van der Waals surface area contributed by atoms with Gasteiger partial charge in [-0.25, -0.2) is 0 Å². The number of aliphatic imine (C=N–C) groups is 1.